The fourth-order valence-electron chi connectivity index (χ4n) is 3.64. The zero-order valence-electron chi connectivity index (χ0n) is 19.0. The average molecular weight is 472 g/mol. The number of aromatic amines is 1. The monoisotopic (exact) mass is 471 g/mol. The molecule has 3 aromatic heterocycles. The molecule has 0 aliphatic heterocycles. The van der Waals surface area contributed by atoms with Crippen LogP contribution >= 0.6 is 11.3 Å². The van der Waals surface area contributed by atoms with E-state index in [0.717, 1.165) is 26.2 Å². The number of hydrogen-bond acceptors (Lipinski definition) is 7. The molecule has 33 heavy (non-hydrogen) atoms. The molecule has 4 rings (SSSR count). The van der Waals surface area contributed by atoms with Crippen LogP contribution in [-0.2, 0) is 24.9 Å². The summed E-state index contributed by atoms with van der Waals surface area (Å²) in [5, 5.41) is 9.40. The summed E-state index contributed by atoms with van der Waals surface area (Å²) in [6.45, 7) is 4.40. The van der Waals surface area contributed by atoms with Gasteiger partial charge in [0, 0.05) is 38.1 Å². The Labute approximate surface area is 192 Å². The van der Waals surface area contributed by atoms with E-state index in [4.69, 9.17) is 9.57 Å². The van der Waals surface area contributed by atoms with Gasteiger partial charge in [0.25, 0.3) is 5.56 Å². The van der Waals surface area contributed by atoms with Crippen molar-refractivity contribution >= 4 is 38.5 Å². The lowest BCUT2D eigenvalue weighted by Crippen LogP contribution is -2.38. The number of nitrogens with one attached hydrogen (secondary N) is 1. The number of nitrogens with zero attached hydrogens (tertiary/aromatic N) is 4. The Bertz CT molecular complexity index is 1460. The first-order valence-corrected chi connectivity index (χ1v) is 11.2. The zero-order valence-corrected chi connectivity index (χ0v) is 19.9. The molecule has 4 aromatic rings. The van der Waals surface area contributed by atoms with E-state index >= 15 is 0 Å². The van der Waals surface area contributed by atoms with E-state index in [1.165, 1.54) is 32.5 Å². The van der Waals surface area contributed by atoms with Crippen molar-refractivity contribution in [3.05, 3.63) is 55.7 Å². The van der Waals surface area contributed by atoms with Gasteiger partial charge in [-0.15, -0.1) is 11.3 Å². The highest BCUT2D eigenvalue weighted by atomic mass is 32.1. The number of hydrogen-bond donors (Lipinski definition) is 1. The van der Waals surface area contributed by atoms with Crippen LogP contribution in [0.5, 0.6) is 5.75 Å². The van der Waals surface area contributed by atoms with Crippen molar-refractivity contribution in [1.29, 1.82) is 0 Å². The predicted molar refractivity (Wildman–Crippen MR) is 126 cm³/mol. The molecule has 0 aliphatic carbocycles. The number of para-hydroxylation sites is 1. The van der Waals surface area contributed by atoms with Crippen molar-refractivity contribution in [2.75, 3.05) is 14.2 Å². The van der Waals surface area contributed by atoms with Crippen molar-refractivity contribution in [1.82, 2.24) is 24.4 Å². The third-order valence-corrected chi connectivity index (χ3v) is 6.54. The van der Waals surface area contributed by atoms with E-state index in [0.29, 0.717) is 22.7 Å². The van der Waals surface area contributed by atoms with E-state index in [1.54, 1.807) is 4.57 Å². The minimum Gasteiger partial charge on any atom is -0.407 e. The van der Waals surface area contributed by atoms with Crippen molar-refractivity contribution in [2.24, 2.45) is 13.0 Å². The van der Waals surface area contributed by atoms with Gasteiger partial charge in [0.05, 0.1) is 17.5 Å². The summed E-state index contributed by atoms with van der Waals surface area (Å²) in [4.78, 5) is 44.7. The number of amides is 1. The third-order valence-electron chi connectivity index (χ3n) is 5.34. The Morgan fingerprint density at radius 1 is 1.27 bits per heavy atom. The molecule has 0 fully saturated rings. The molecule has 0 aliphatic rings. The molecule has 1 aromatic carbocycles. The minimum absolute atomic E-state index is 0.126. The standard InChI is InChI=1S/C22H25N5O5S/c1-12(2)11-27-20-17(19(28)25(3)21(27)29)18(32-22(30)26(4)31-5)16(33-20)10-15-13-8-6-7-9-14(13)23-24-15/h6-9,12H,10-11H2,1-5H3,(H,23,24). The van der Waals surface area contributed by atoms with Crippen LogP contribution in [0.2, 0.25) is 0 Å². The number of ether oxygens (including phenoxy) is 1. The van der Waals surface area contributed by atoms with Crippen LogP contribution in [0.15, 0.2) is 33.9 Å². The van der Waals surface area contributed by atoms with Crippen molar-refractivity contribution in [3.8, 4) is 5.75 Å². The molecule has 3 heterocycles. The second-order valence-corrected chi connectivity index (χ2v) is 9.21. The van der Waals surface area contributed by atoms with Gasteiger partial charge in [-0.3, -0.25) is 23.9 Å². The maximum Gasteiger partial charge on any atom is 0.439 e. The molecule has 0 spiro atoms. The Hall–Kier alpha value is -3.44. The van der Waals surface area contributed by atoms with Crippen LogP contribution in [0.3, 0.4) is 0 Å². The quantitative estimate of drug-likeness (QED) is 0.433. The molecule has 0 unspecified atom stereocenters. The first kappa shape index (κ1) is 22.7. The second-order valence-electron chi connectivity index (χ2n) is 8.13. The molecule has 0 atom stereocenters. The van der Waals surface area contributed by atoms with Gasteiger partial charge in [0.15, 0.2) is 5.75 Å². The number of hydroxylamine groups is 2. The Morgan fingerprint density at radius 2 is 2.00 bits per heavy atom. The maximum atomic E-state index is 13.2. The molecular weight excluding hydrogens is 446 g/mol. The number of rotatable bonds is 6. The van der Waals surface area contributed by atoms with Crippen LogP contribution in [0, 0.1) is 5.92 Å². The SMILES string of the molecule is CON(C)C(=O)Oc1c(Cc2[nH]nc3ccccc23)sc2c1c(=O)n(C)c(=O)n2CC(C)C. The summed E-state index contributed by atoms with van der Waals surface area (Å²) in [6, 6.07) is 7.65. The first-order valence-electron chi connectivity index (χ1n) is 10.4. The van der Waals surface area contributed by atoms with Crippen LogP contribution in [0.25, 0.3) is 21.1 Å². The molecule has 0 saturated heterocycles. The molecule has 0 radical (unpaired) electrons. The van der Waals surface area contributed by atoms with Crippen molar-refractivity contribution in [2.45, 2.75) is 26.8 Å². The summed E-state index contributed by atoms with van der Waals surface area (Å²) in [5.74, 6) is 0.289. The van der Waals surface area contributed by atoms with Crippen molar-refractivity contribution < 1.29 is 14.4 Å². The van der Waals surface area contributed by atoms with Gasteiger partial charge in [0.2, 0.25) is 0 Å². The predicted octanol–water partition coefficient (Wildman–Crippen LogP) is 2.88. The third kappa shape index (κ3) is 4.05. The molecule has 1 amide bonds. The summed E-state index contributed by atoms with van der Waals surface area (Å²) in [5.41, 5.74) is 0.686. The lowest BCUT2D eigenvalue weighted by Gasteiger charge is -2.14. The fraction of sp³-hybridized carbons (Fsp3) is 0.364. The molecule has 0 saturated carbocycles. The van der Waals surface area contributed by atoms with Gasteiger partial charge in [-0.2, -0.15) is 10.2 Å². The Balaban J connectivity index is 1.97. The lowest BCUT2D eigenvalue weighted by molar-refractivity contribution is -0.0789. The number of carbonyl (C=O) groups excluding carboxylic acids is 1. The highest BCUT2D eigenvalue weighted by Crippen LogP contribution is 2.38. The van der Waals surface area contributed by atoms with E-state index in [2.05, 4.69) is 10.2 Å². The van der Waals surface area contributed by atoms with Crippen LogP contribution in [0.4, 0.5) is 4.79 Å². The lowest BCUT2D eigenvalue weighted by atomic mass is 10.1. The van der Waals surface area contributed by atoms with Gasteiger partial charge < -0.3 is 4.74 Å². The highest BCUT2D eigenvalue weighted by Gasteiger charge is 2.26. The molecule has 1 N–H and O–H groups in total. The topological polar surface area (TPSA) is 111 Å². The van der Waals surface area contributed by atoms with Gasteiger partial charge >= 0.3 is 11.8 Å². The first-order chi connectivity index (χ1) is 15.7. The summed E-state index contributed by atoms with van der Waals surface area (Å²) in [7, 11) is 4.17. The van der Waals surface area contributed by atoms with Crippen LogP contribution in [0.1, 0.15) is 24.4 Å². The van der Waals surface area contributed by atoms with Crippen molar-refractivity contribution in [3.63, 3.8) is 0 Å². The van der Waals surface area contributed by atoms with Crippen LogP contribution in [-0.4, -0.2) is 44.6 Å². The van der Waals surface area contributed by atoms with E-state index in [1.807, 2.05) is 38.1 Å². The zero-order chi connectivity index (χ0) is 23.9. The Morgan fingerprint density at radius 3 is 2.70 bits per heavy atom. The summed E-state index contributed by atoms with van der Waals surface area (Å²) >= 11 is 1.26. The molecule has 0 bridgehead atoms. The van der Waals surface area contributed by atoms with Gasteiger partial charge in [-0.25, -0.2) is 9.59 Å². The van der Waals surface area contributed by atoms with Gasteiger partial charge in [0.1, 0.15) is 10.2 Å². The highest BCUT2D eigenvalue weighted by molar-refractivity contribution is 7.19. The van der Waals surface area contributed by atoms with Gasteiger partial charge in [-0.05, 0) is 12.0 Å². The fourth-order valence-corrected chi connectivity index (χ4v) is 4.87. The molecule has 11 heteroatoms. The van der Waals surface area contributed by atoms with E-state index in [-0.39, 0.29) is 17.1 Å². The average Bonchev–Trinajstić information content (AvgIpc) is 3.36. The molecule has 10 nitrogen and oxygen atoms in total. The smallest absolute Gasteiger partial charge is 0.407 e. The number of benzene rings is 1. The molecular formula is C22H25N5O5S. The van der Waals surface area contributed by atoms with E-state index < -0.39 is 17.3 Å². The second kappa shape index (κ2) is 8.83. The van der Waals surface area contributed by atoms with Gasteiger partial charge in [-0.1, -0.05) is 32.0 Å². The maximum absolute atomic E-state index is 13.2. The number of carbonyl (C=O) groups is 1. The summed E-state index contributed by atoms with van der Waals surface area (Å²) < 4.78 is 8.27. The number of fused-ring (bicyclic) bond motifs is 2. The normalized spacial score (nSPS) is 11.6. The number of H-pyrrole nitrogens is 1. The number of thiophene rings is 1. The van der Waals surface area contributed by atoms with Crippen LogP contribution < -0.4 is 16.0 Å². The van der Waals surface area contributed by atoms with E-state index in [9.17, 15) is 14.4 Å². The molecule has 174 valence electrons. The number of aromatic nitrogens is 4. The largest absolute Gasteiger partial charge is 0.439 e. The Kier molecular flexibility index (Phi) is 6.09. The minimum atomic E-state index is -0.781. The summed E-state index contributed by atoms with van der Waals surface area (Å²) in [6.07, 6.45) is -0.449.